The molecule has 0 bridgehead atoms. The van der Waals surface area contributed by atoms with Crippen molar-refractivity contribution in [1.29, 1.82) is 0 Å². The Hall–Kier alpha value is -1.89. The number of hydrogen-bond donors (Lipinski definition) is 1. The summed E-state index contributed by atoms with van der Waals surface area (Å²) in [6, 6.07) is 7.23. The Morgan fingerprint density at radius 2 is 1.84 bits per heavy atom. The molecule has 1 aliphatic rings. The highest BCUT2D eigenvalue weighted by Crippen LogP contribution is 2.20. The van der Waals surface area contributed by atoms with Gasteiger partial charge in [0, 0.05) is 6.26 Å². The van der Waals surface area contributed by atoms with Crippen LogP contribution < -0.4 is 10.2 Å². The first kappa shape index (κ1) is 13.5. The molecule has 102 valence electrons. The molecule has 1 aromatic rings. The molecule has 1 heterocycles. The molecule has 1 atom stereocenters. The number of rotatable bonds is 4. The molecule has 1 aliphatic heterocycles. The number of nitrogens with one attached hydrogen (secondary N) is 1. The smallest absolute Gasteiger partial charge is 0.325 e. The number of urea groups is 1. The van der Waals surface area contributed by atoms with Gasteiger partial charge in [-0.2, -0.15) is 0 Å². The molecular weight excluding hydrogens is 268 g/mol. The highest BCUT2D eigenvalue weighted by molar-refractivity contribution is 7.90. The van der Waals surface area contributed by atoms with E-state index in [4.69, 9.17) is 0 Å². The number of sulfone groups is 1. The third kappa shape index (κ3) is 3.11. The average Bonchev–Trinajstić information content (AvgIpc) is 2.62. The molecule has 1 N–H and O–H groups in total. The van der Waals surface area contributed by atoms with Crippen molar-refractivity contribution in [3.63, 3.8) is 0 Å². The second kappa shape index (κ2) is 5.00. The van der Waals surface area contributed by atoms with Gasteiger partial charge in [0.1, 0.15) is 15.9 Å². The Kier molecular flexibility index (Phi) is 3.57. The second-order valence-corrected chi connectivity index (χ2v) is 6.69. The number of benzene rings is 1. The first-order valence-corrected chi connectivity index (χ1v) is 7.82. The first-order valence-electron chi connectivity index (χ1n) is 5.76. The minimum atomic E-state index is -3.16. The highest BCUT2D eigenvalue weighted by atomic mass is 32.2. The Morgan fingerprint density at radius 1 is 1.21 bits per heavy atom. The zero-order valence-electron chi connectivity index (χ0n) is 10.4. The Balaban J connectivity index is 2.13. The van der Waals surface area contributed by atoms with Crippen LogP contribution in [0.15, 0.2) is 30.3 Å². The number of carbonyl (C=O) groups excluding carboxylic acids is 2. The molecule has 3 amide bonds. The van der Waals surface area contributed by atoms with E-state index in [1.54, 1.807) is 30.3 Å². The van der Waals surface area contributed by atoms with Crippen LogP contribution in [0.3, 0.4) is 0 Å². The van der Waals surface area contributed by atoms with Gasteiger partial charge in [-0.1, -0.05) is 18.2 Å². The molecule has 0 aliphatic carbocycles. The molecule has 1 saturated heterocycles. The standard InChI is InChI=1S/C12H14N2O4S/c1-19(17,18)8-7-10-11(15)14(12(16)13-10)9-5-3-2-4-6-9/h2-6,10H,7-8H2,1H3,(H,13,16). The molecule has 1 unspecified atom stereocenters. The molecule has 0 aromatic heterocycles. The zero-order chi connectivity index (χ0) is 14.0. The predicted octanol–water partition coefficient (Wildman–Crippen LogP) is 0.546. The molecule has 7 heteroatoms. The van der Waals surface area contributed by atoms with E-state index in [0.717, 1.165) is 11.2 Å². The number of hydrogen-bond acceptors (Lipinski definition) is 4. The van der Waals surface area contributed by atoms with Gasteiger partial charge < -0.3 is 5.32 Å². The summed E-state index contributed by atoms with van der Waals surface area (Å²) < 4.78 is 22.2. The SMILES string of the molecule is CS(=O)(=O)CCC1NC(=O)N(c2ccccc2)C1=O. The number of carbonyl (C=O) groups is 2. The number of anilines is 1. The van der Waals surface area contributed by atoms with Gasteiger partial charge in [-0.3, -0.25) is 4.79 Å². The lowest BCUT2D eigenvalue weighted by molar-refractivity contribution is -0.118. The van der Waals surface area contributed by atoms with E-state index in [1.165, 1.54) is 0 Å². The quantitative estimate of drug-likeness (QED) is 0.817. The van der Waals surface area contributed by atoms with Crippen molar-refractivity contribution in [2.24, 2.45) is 0 Å². The second-order valence-electron chi connectivity index (χ2n) is 4.43. The number of amides is 3. The summed E-state index contributed by atoms with van der Waals surface area (Å²) in [6.07, 6.45) is 1.19. The minimum absolute atomic E-state index is 0.0900. The lowest BCUT2D eigenvalue weighted by atomic mass is 10.2. The van der Waals surface area contributed by atoms with Crippen LogP contribution in [0.1, 0.15) is 6.42 Å². The molecule has 0 spiro atoms. The molecule has 2 rings (SSSR count). The number of para-hydroxylation sites is 1. The van der Waals surface area contributed by atoms with Gasteiger partial charge in [0.2, 0.25) is 0 Å². The van der Waals surface area contributed by atoms with Crippen LogP contribution in [0, 0.1) is 0 Å². The minimum Gasteiger partial charge on any atom is -0.325 e. The van der Waals surface area contributed by atoms with Crippen LogP contribution in [-0.4, -0.2) is 38.4 Å². The molecule has 19 heavy (non-hydrogen) atoms. The highest BCUT2D eigenvalue weighted by Gasteiger charge is 2.38. The van der Waals surface area contributed by atoms with Gasteiger partial charge in [-0.15, -0.1) is 0 Å². The molecule has 1 fully saturated rings. The van der Waals surface area contributed by atoms with Crippen molar-refractivity contribution >= 4 is 27.5 Å². The van der Waals surface area contributed by atoms with Gasteiger partial charge in [-0.25, -0.2) is 18.1 Å². The summed E-state index contributed by atoms with van der Waals surface area (Å²) >= 11 is 0. The third-order valence-electron chi connectivity index (χ3n) is 2.81. The lowest BCUT2D eigenvalue weighted by Crippen LogP contribution is -2.32. The largest absolute Gasteiger partial charge is 0.329 e. The fourth-order valence-electron chi connectivity index (χ4n) is 1.88. The fourth-order valence-corrected chi connectivity index (χ4v) is 2.54. The summed E-state index contributed by atoms with van der Waals surface area (Å²) in [5.41, 5.74) is 0.479. The Morgan fingerprint density at radius 3 is 2.42 bits per heavy atom. The maximum atomic E-state index is 12.1. The average molecular weight is 282 g/mol. The van der Waals surface area contributed by atoms with Gasteiger partial charge in [0.15, 0.2) is 0 Å². The normalized spacial score (nSPS) is 19.6. The fraction of sp³-hybridized carbons (Fsp3) is 0.333. The van der Waals surface area contributed by atoms with Crippen LogP contribution in [0.2, 0.25) is 0 Å². The molecule has 0 radical (unpaired) electrons. The lowest BCUT2D eigenvalue weighted by Gasteiger charge is -2.12. The van der Waals surface area contributed by atoms with Crippen molar-refractivity contribution < 1.29 is 18.0 Å². The van der Waals surface area contributed by atoms with E-state index in [1.807, 2.05) is 0 Å². The zero-order valence-corrected chi connectivity index (χ0v) is 11.2. The van der Waals surface area contributed by atoms with Crippen LogP contribution in [0.4, 0.5) is 10.5 Å². The molecule has 0 saturated carbocycles. The first-order chi connectivity index (χ1) is 8.88. The van der Waals surface area contributed by atoms with Crippen LogP contribution in [0.5, 0.6) is 0 Å². The molecular formula is C12H14N2O4S. The van der Waals surface area contributed by atoms with E-state index < -0.39 is 27.8 Å². The maximum Gasteiger partial charge on any atom is 0.329 e. The van der Waals surface area contributed by atoms with Crippen molar-refractivity contribution in [2.75, 3.05) is 16.9 Å². The predicted molar refractivity (Wildman–Crippen MR) is 70.6 cm³/mol. The number of imide groups is 1. The monoisotopic (exact) mass is 282 g/mol. The summed E-state index contributed by atoms with van der Waals surface area (Å²) in [6.45, 7) is 0. The van der Waals surface area contributed by atoms with Crippen LogP contribution >= 0.6 is 0 Å². The molecule has 6 nitrogen and oxygen atoms in total. The van der Waals surface area contributed by atoms with Crippen molar-refractivity contribution in [2.45, 2.75) is 12.5 Å². The van der Waals surface area contributed by atoms with E-state index >= 15 is 0 Å². The Labute approximate surface area is 111 Å². The van der Waals surface area contributed by atoms with E-state index in [2.05, 4.69) is 5.32 Å². The maximum absolute atomic E-state index is 12.1. The number of nitrogens with zero attached hydrogens (tertiary/aromatic N) is 1. The van der Waals surface area contributed by atoms with E-state index in [0.29, 0.717) is 5.69 Å². The third-order valence-corrected chi connectivity index (χ3v) is 3.79. The van der Waals surface area contributed by atoms with Crippen molar-refractivity contribution in [3.8, 4) is 0 Å². The topological polar surface area (TPSA) is 83.6 Å². The summed E-state index contributed by atoms with van der Waals surface area (Å²) in [4.78, 5) is 24.9. The van der Waals surface area contributed by atoms with Gasteiger partial charge in [-0.05, 0) is 18.6 Å². The Bertz CT molecular complexity index is 597. The van der Waals surface area contributed by atoms with Crippen molar-refractivity contribution in [1.82, 2.24) is 5.32 Å². The summed E-state index contributed by atoms with van der Waals surface area (Å²) in [7, 11) is -3.16. The van der Waals surface area contributed by atoms with Gasteiger partial charge in [0.25, 0.3) is 5.91 Å². The van der Waals surface area contributed by atoms with Crippen LogP contribution in [0.25, 0.3) is 0 Å². The van der Waals surface area contributed by atoms with E-state index in [-0.39, 0.29) is 12.2 Å². The van der Waals surface area contributed by atoms with Gasteiger partial charge >= 0.3 is 6.03 Å². The van der Waals surface area contributed by atoms with Crippen molar-refractivity contribution in [3.05, 3.63) is 30.3 Å². The van der Waals surface area contributed by atoms with Crippen LogP contribution in [-0.2, 0) is 14.6 Å². The summed E-state index contributed by atoms with van der Waals surface area (Å²) in [5, 5.41) is 2.50. The van der Waals surface area contributed by atoms with Gasteiger partial charge in [0.05, 0.1) is 11.4 Å². The summed E-state index contributed by atoms with van der Waals surface area (Å²) in [5.74, 6) is -0.549. The van der Waals surface area contributed by atoms with E-state index in [9.17, 15) is 18.0 Å². The molecule has 1 aromatic carbocycles.